The van der Waals surface area contributed by atoms with E-state index in [-0.39, 0.29) is 11.5 Å². The van der Waals surface area contributed by atoms with Gasteiger partial charge in [-0.15, -0.1) is 6.58 Å². The molecule has 5 nitrogen and oxygen atoms in total. The SMILES string of the molecule is C=CCN(CC)C(=O)c1cc(OCC)cc(C(=O)O)c1. The number of hydrogen-bond donors (Lipinski definition) is 1. The largest absolute Gasteiger partial charge is 0.494 e. The summed E-state index contributed by atoms with van der Waals surface area (Å²) in [5, 5.41) is 9.09. The van der Waals surface area contributed by atoms with E-state index in [0.29, 0.717) is 31.0 Å². The van der Waals surface area contributed by atoms with Gasteiger partial charge in [0, 0.05) is 18.7 Å². The maximum absolute atomic E-state index is 12.3. The smallest absolute Gasteiger partial charge is 0.335 e. The van der Waals surface area contributed by atoms with E-state index in [9.17, 15) is 9.59 Å². The van der Waals surface area contributed by atoms with Gasteiger partial charge in [-0.25, -0.2) is 4.79 Å². The molecule has 0 spiro atoms. The lowest BCUT2D eigenvalue weighted by Crippen LogP contribution is -2.31. The van der Waals surface area contributed by atoms with Gasteiger partial charge in [-0.3, -0.25) is 4.79 Å². The number of carboxylic acid groups (broad SMARTS) is 1. The Morgan fingerprint density at radius 2 is 1.95 bits per heavy atom. The molecule has 0 saturated carbocycles. The minimum absolute atomic E-state index is 0.0361. The number of ether oxygens (including phenoxy) is 1. The number of benzene rings is 1. The maximum Gasteiger partial charge on any atom is 0.335 e. The van der Waals surface area contributed by atoms with Crippen molar-refractivity contribution in [3.8, 4) is 5.75 Å². The van der Waals surface area contributed by atoms with Crippen LogP contribution in [-0.2, 0) is 0 Å². The van der Waals surface area contributed by atoms with E-state index in [1.165, 1.54) is 12.1 Å². The maximum atomic E-state index is 12.3. The van der Waals surface area contributed by atoms with E-state index in [0.717, 1.165) is 0 Å². The molecule has 20 heavy (non-hydrogen) atoms. The van der Waals surface area contributed by atoms with Gasteiger partial charge in [0.15, 0.2) is 0 Å². The first kappa shape index (κ1) is 15.8. The van der Waals surface area contributed by atoms with E-state index >= 15 is 0 Å². The molecule has 0 unspecified atom stereocenters. The van der Waals surface area contributed by atoms with Crippen molar-refractivity contribution >= 4 is 11.9 Å². The zero-order valence-electron chi connectivity index (χ0n) is 11.8. The van der Waals surface area contributed by atoms with Crippen molar-refractivity contribution in [2.24, 2.45) is 0 Å². The Morgan fingerprint density at radius 3 is 2.45 bits per heavy atom. The van der Waals surface area contributed by atoms with Gasteiger partial charge < -0.3 is 14.7 Å². The molecular weight excluding hydrogens is 258 g/mol. The second-order valence-corrected chi connectivity index (χ2v) is 4.12. The highest BCUT2D eigenvalue weighted by Gasteiger charge is 2.17. The zero-order valence-corrected chi connectivity index (χ0v) is 11.8. The Bertz CT molecular complexity index is 511. The minimum atomic E-state index is -1.09. The summed E-state index contributed by atoms with van der Waals surface area (Å²) in [5.41, 5.74) is 0.339. The fourth-order valence-corrected chi connectivity index (χ4v) is 1.79. The second kappa shape index (κ2) is 7.33. The van der Waals surface area contributed by atoms with Gasteiger partial charge >= 0.3 is 5.97 Å². The summed E-state index contributed by atoms with van der Waals surface area (Å²) in [6.45, 7) is 8.59. The fraction of sp³-hybridized carbons (Fsp3) is 0.333. The number of nitrogens with zero attached hydrogens (tertiary/aromatic N) is 1. The molecule has 0 fully saturated rings. The topological polar surface area (TPSA) is 66.8 Å². The lowest BCUT2D eigenvalue weighted by Gasteiger charge is -2.19. The van der Waals surface area contributed by atoms with Gasteiger partial charge in [0.25, 0.3) is 5.91 Å². The van der Waals surface area contributed by atoms with E-state index in [2.05, 4.69) is 6.58 Å². The normalized spacial score (nSPS) is 9.90. The van der Waals surface area contributed by atoms with Gasteiger partial charge in [0.2, 0.25) is 0 Å². The standard InChI is InChI=1S/C15H19NO4/c1-4-7-16(5-2)14(17)11-8-12(15(18)19)10-13(9-11)20-6-3/h4,8-10H,1,5-7H2,2-3H3,(H,18,19). The van der Waals surface area contributed by atoms with Crippen molar-refractivity contribution in [2.45, 2.75) is 13.8 Å². The molecule has 0 saturated heterocycles. The number of aromatic carboxylic acids is 1. The molecule has 0 aliphatic rings. The molecule has 0 heterocycles. The van der Waals surface area contributed by atoms with Crippen molar-refractivity contribution < 1.29 is 19.4 Å². The predicted molar refractivity (Wildman–Crippen MR) is 76.3 cm³/mol. The van der Waals surface area contributed by atoms with Crippen LogP contribution in [0.25, 0.3) is 0 Å². The van der Waals surface area contributed by atoms with E-state index in [4.69, 9.17) is 9.84 Å². The predicted octanol–water partition coefficient (Wildman–Crippen LogP) is 2.43. The average molecular weight is 277 g/mol. The van der Waals surface area contributed by atoms with Crippen LogP contribution >= 0.6 is 0 Å². The van der Waals surface area contributed by atoms with Crippen molar-refractivity contribution in [1.82, 2.24) is 4.90 Å². The van der Waals surface area contributed by atoms with Crippen molar-refractivity contribution in [1.29, 1.82) is 0 Å². The Morgan fingerprint density at radius 1 is 1.30 bits per heavy atom. The van der Waals surface area contributed by atoms with E-state index in [1.54, 1.807) is 24.0 Å². The Labute approximate surface area is 118 Å². The van der Waals surface area contributed by atoms with Crippen LogP contribution in [0.5, 0.6) is 5.75 Å². The van der Waals surface area contributed by atoms with Crippen LogP contribution in [0.4, 0.5) is 0 Å². The number of carbonyl (C=O) groups is 2. The van der Waals surface area contributed by atoms with E-state index in [1.807, 2.05) is 6.92 Å². The van der Waals surface area contributed by atoms with Crippen molar-refractivity contribution in [2.75, 3.05) is 19.7 Å². The number of likely N-dealkylation sites (N-methyl/N-ethyl adjacent to an activating group) is 1. The molecule has 1 rings (SSSR count). The molecule has 0 aliphatic carbocycles. The van der Waals surface area contributed by atoms with Crippen LogP contribution in [0.1, 0.15) is 34.6 Å². The monoisotopic (exact) mass is 277 g/mol. The number of carboxylic acids is 1. The molecule has 1 amide bonds. The molecule has 0 aliphatic heterocycles. The summed E-state index contributed by atoms with van der Waals surface area (Å²) in [6, 6.07) is 4.33. The van der Waals surface area contributed by atoms with Crippen LogP contribution in [0, 0.1) is 0 Å². The first-order valence-corrected chi connectivity index (χ1v) is 6.44. The van der Waals surface area contributed by atoms with Crippen LogP contribution in [0.3, 0.4) is 0 Å². The number of amides is 1. The quantitative estimate of drug-likeness (QED) is 0.777. The molecular formula is C15H19NO4. The first-order valence-electron chi connectivity index (χ1n) is 6.44. The summed E-state index contributed by atoms with van der Waals surface area (Å²) in [4.78, 5) is 25.0. The highest BCUT2D eigenvalue weighted by Crippen LogP contribution is 2.19. The van der Waals surface area contributed by atoms with Crippen molar-refractivity contribution in [3.63, 3.8) is 0 Å². The van der Waals surface area contributed by atoms with Gasteiger partial charge in [-0.1, -0.05) is 6.08 Å². The molecule has 108 valence electrons. The molecule has 0 aromatic heterocycles. The summed E-state index contributed by atoms with van der Waals surface area (Å²) < 4.78 is 5.31. The Balaban J connectivity index is 3.17. The Kier molecular flexibility index (Phi) is 5.77. The molecule has 1 N–H and O–H groups in total. The van der Waals surface area contributed by atoms with Crippen LogP contribution in [0.15, 0.2) is 30.9 Å². The van der Waals surface area contributed by atoms with Gasteiger partial charge in [-0.2, -0.15) is 0 Å². The lowest BCUT2D eigenvalue weighted by molar-refractivity contribution is 0.0696. The minimum Gasteiger partial charge on any atom is -0.494 e. The second-order valence-electron chi connectivity index (χ2n) is 4.12. The van der Waals surface area contributed by atoms with Gasteiger partial charge in [0.1, 0.15) is 5.75 Å². The van der Waals surface area contributed by atoms with Crippen LogP contribution < -0.4 is 4.74 Å². The zero-order chi connectivity index (χ0) is 15.1. The summed E-state index contributed by atoms with van der Waals surface area (Å²) in [6.07, 6.45) is 1.63. The molecule has 1 aromatic rings. The highest BCUT2D eigenvalue weighted by atomic mass is 16.5. The van der Waals surface area contributed by atoms with Crippen LogP contribution in [-0.4, -0.2) is 41.6 Å². The van der Waals surface area contributed by atoms with Gasteiger partial charge in [0.05, 0.1) is 12.2 Å². The third-order valence-electron chi connectivity index (χ3n) is 2.73. The number of hydrogen-bond acceptors (Lipinski definition) is 3. The van der Waals surface area contributed by atoms with E-state index < -0.39 is 5.97 Å². The highest BCUT2D eigenvalue weighted by molar-refractivity contribution is 5.98. The number of rotatable bonds is 7. The fourth-order valence-electron chi connectivity index (χ4n) is 1.79. The summed E-state index contributed by atoms with van der Waals surface area (Å²) >= 11 is 0. The van der Waals surface area contributed by atoms with Crippen LogP contribution in [0.2, 0.25) is 0 Å². The summed E-state index contributed by atoms with van der Waals surface area (Å²) in [5.74, 6) is -0.950. The number of carbonyl (C=O) groups excluding carboxylic acids is 1. The van der Waals surface area contributed by atoms with Crippen molar-refractivity contribution in [3.05, 3.63) is 42.0 Å². The average Bonchev–Trinajstić information content (AvgIpc) is 2.44. The molecule has 0 atom stereocenters. The Hall–Kier alpha value is -2.30. The molecule has 0 bridgehead atoms. The third kappa shape index (κ3) is 3.85. The third-order valence-corrected chi connectivity index (χ3v) is 2.73. The van der Waals surface area contributed by atoms with Gasteiger partial charge in [-0.05, 0) is 32.0 Å². The molecule has 0 radical (unpaired) electrons. The lowest BCUT2D eigenvalue weighted by atomic mass is 10.1. The summed E-state index contributed by atoms with van der Waals surface area (Å²) in [7, 11) is 0. The molecule has 5 heteroatoms. The first-order chi connectivity index (χ1) is 9.53. The molecule has 1 aromatic carbocycles.